The number of pyridine rings is 1. The maximum absolute atomic E-state index is 13.0. The Morgan fingerprint density at radius 2 is 2.00 bits per heavy atom. The number of likely N-dealkylation sites (tertiary alicyclic amines) is 1. The van der Waals surface area contributed by atoms with Gasteiger partial charge in [-0.2, -0.15) is 0 Å². The van der Waals surface area contributed by atoms with Gasteiger partial charge in [0.1, 0.15) is 18.1 Å². The number of thiophene rings is 1. The van der Waals surface area contributed by atoms with Crippen molar-refractivity contribution in [1.82, 2.24) is 9.88 Å². The summed E-state index contributed by atoms with van der Waals surface area (Å²) in [6.07, 6.45) is 4.95. The number of ether oxygens (including phenoxy) is 1. The van der Waals surface area contributed by atoms with Gasteiger partial charge < -0.3 is 14.7 Å². The Morgan fingerprint density at radius 3 is 2.65 bits per heavy atom. The van der Waals surface area contributed by atoms with Crippen molar-refractivity contribution < 1.29 is 19.4 Å². The Hall–Kier alpha value is -3.71. The number of carbonyl (C=O) groups is 2. The van der Waals surface area contributed by atoms with Crippen LogP contribution < -0.4 is 4.74 Å². The molecule has 0 radical (unpaired) electrons. The highest BCUT2D eigenvalue weighted by Crippen LogP contribution is 2.41. The standard InChI is InChI=1S/C24H20N2O4S/c1-2-12-30-18-9-7-17(8-10-18)22(27)20-21(19-6-4-13-31-19)26(24(29)23(20)28)15-16-5-3-11-25-14-16/h2-11,13-14,21,27H,1,12,15H2/b22-20-. The summed E-state index contributed by atoms with van der Waals surface area (Å²) < 4.78 is 5.47. The second-order valence-electron chi connectivity index (χ2n) is 6.93. The first-order chi connectivity index (χ1) is 15.1. The van der Waals surface area contributed by atoms with Gasteiger partial charge in [-0.1, -0.05) is 24.8 Å². The van der Waals surface area contributed by atoms with Crippen LogP contribution in [0.4, 0.5) is 0 Å². The number of Topliss-reactive ketones (excluding diaryl/α,β-unsaturated/α-hetero) is 1. The normalized spacial score (nSPS) is 17.7. The molecule has 156 valence electrons. The zero-order valence-corrected chi connectivity index (χ0v) is 17.4. The topological polar surface area (TPSA) is 79.7 Å². The lowest BCUT2D eigenvalue weighted by molar-refractivity contribution is -0.140. The van der Waals surface area contributed by atoms with Crippen LogP contribution in [0, 0.1) is 0 Å². The van der Waals surface area contributed by atoms with Crippen molar-refractivity contribution >= 4 is 28.8 Å². The van der Waals surface area contributed by atoms with Crippen LogP contribution in [0.3, 0.4) is 0 Å². The average Bonchev–Trinajstić information content (AvgIpc) is 3.41. The molecule has 3 heterocycles. The van der Waals surface area contributed by atoms with Gasteiger partial charge in [-0.3, -0.25) is 14.6 Å². The summed E-state index contributed by atoms with van der Waals surface area (Å²) in [7, 11) is 0. The average molecular weight is 433 g/mol. The molecule has 1 saturated heterocycles. The molecule has 0 spiro atoms. The minimum Gasteiger partial charge on any atom is -0.507 e. The highest BCUT2D eigenvalue weighted by atomic mass is 32.1. The molecule has 1 fully saturated rings. The van der Waals surface area contributed by atoms with Crippen LogP contribution in [0.2, 0.25) is 0 Å². The predicted molar refractivity (Wildman–Crippen MR) is 119 cm³/mol. The van der Waals surface area contributed by atoms with E-state index in [0.717, 1.165) is 10.4 Å². The fourth-order valence-corrected chi connectivity index (χ4v) is 4.34. The highest BCUT2D eigenvalue weighted by molar-refractivity contribution is 7.10. The lowest BCUT2D eigenvalue weighted by Crippen LogP contribution is -2.28. The van der Waals surface area contributed by atoms with Crippen molar-refractivity contribution in [2.75, 3.05) is 6.61 Å². The van der Waals surface area contributed by atoms with Crippen molar-refractivity contribution in [1.29, 1.82) is 0 Å². The van der Waals surface area contributed by atoms with Crippen LogP contribution in [-0.4, -0.2) is 33.3 Å². The van der Waals surface area contributed by atoms with Crippen molar-refractivity contribution in [3.8, 4) is 5.75 Å². The molecule has 1 atom stereocenters. The second kappa shape index (κ2) is 8.97. The fourth-order valence-electron chi connectivity index (χ4n) is 3.49. The number of amides is 1. The van der Waals surface area contributed by atoms with E-state index in [-0.39, 0.29) is 17.9 Å². The maximum Gasteiger partial charge on any atom is 0.295 e. The molecule has 3 aromatic rings. The number of rotatable bonds is 7. The van der Waals surface area contributed by atoms with Gasteiger partial charge in [0.05, 0.1) is 11.6 Å². The minimum absolute atomic E-state index is 0.0797. The number of hydrogen-bond acceptors (Lipinski definition) is 6. The number of ketones is 1. The number of benzene rings is 1. The predicted octanol–water partition coefficient (Wildman–Crippen LogP) is 4.33. The van der Waals surface area contributed by atoms with E-state index in [1.165, 1.54) is 16.2 Å². The number of nitrogens with zero attached hydrogens (tertiary/aromatic N) is 2. The maximum atomic E-state index is 13.0. The summed E-state index contributed by atoms with van der Waals surface area (Å²) >= 11 is 1.43. The SMILES string of the molecule is C=CCOc1ccc(/C(O)=C2/C(=O)C(=O)N(Cc3cccnc3)C2c2cccs2)cc1. The molecule has 0 saturated carbocycles. The van der Waals surface area contributed by atoms with E-state index in [1.807, 2.05) is 23.6 Å². The Kier molecular flexibility index (Phi) is 5.95. The molecule has 1 aliphatic rings. The van der Waals surface area contributed by atoms with Crippen LogP contribution in [-0.2, 0) is 16.1 Å². The number of aliphatic hydroxyl groups excluding tert-OH is 1. The highest BCUT2D eigenvalue weighted by Gasteiger charge is 2.46. The molecular weight excluding hydrogens is 412 g/mol. The molecule has 1 aromatic carbocycles. The molecule has 1 unspecified atom stereocenters. The number of hydrogen-bond donors (Lipinski definition) is 1. The minimum atomic E-state index is -0.702. The van der Waals surface area contributed by atoms with Crippen molar-refractivity contribution in [2.24, 2.45) is 0 Å². The number of aromatic nitrogens is 1. The lowest BCUT2D eigenvalue weighted by atomic mass is 9.99. The van der Waals surface area contributed by atoms with Gasteiger partial charge >= 0.3 is 0 Å². The van der Waals surface area contributed by atoms with Gasteiger partial charge in [-0.05, 0) is 47.3 Å². The Bertz CT molecular complexity index is 1120. The number of aliphatic hydroxyl groups is 1. The first kappa shape index (κ1) is 20.6. The van der Waals surface area contributed by atoms with Crippen LogP contribution in [0.1, 0.15) is 22.0 Å². The first-order valence-electron chi connectivity index (χ1n) is 9.65. The van der Waals surface area contributed by atoms with E-state index >= 15 is 0 Å². The second-order valence-corrected chi connectivity index (χ2v) is 7.91. The molecule has 1 amide bonds. The Morgan fingerprint density at radius 1 is 1.19 bits per heavy atom. The van der Waals surface area contributed by atoms with Crippen molar-refractivity contribution in [3.05, 3.63) is 101 Å². The van der Waals surface area contributed by atoms with Gasteiger partial charge in [-0.25, -0.2) is 0 Å². The van der Waals surface area contributed by atoms with E-state index in [2.05, 4.69) is 11.6 Å². The lowest BCUT2D eigenvalue weighted by Gasteiger charge is -2.24. The van der Waals surface area contributed by atoms with E-state index in [4.69, 9.17) is 4.74 Å². The molecular formula is C24H20N2O4S. The molecule has 31 heavy (non-hydrogen) atoms. The fraction of sp³-hybridized carbons (Fsp3) is 0.125. The zero-order valence-electron chi connectivity index (χ0n) is 16.6. The summed E-state index contributed by atoms with van der Waals surface area (Å²) in [5.74, 6) is -0.939. The van der Waals surface area contributed by atoms with Gasteiger partial charge in [0.25, 0.3) is 11.7 Å². The summed E-state index contributed by atoms with van der Waals surface area (Å²) in [5, 5.41) is 12.9. The molecule has 0 bridgehead atoms. The van der Waals surface area contributed by atoms with Gasteiger partial charge in [0.15, 0.2) is 0 Å². The van der Waals surface area contributed by atoms with Crippen LogP contribution in [0.25, 0.3) is 5.76 Å². The van der Waals surface area contributed by atoms with Crippen molar-refractivity contribution in [2.45, 2.75) is 12.6 Å². The van der Waals surface area contributed by atoms with Crippen LogP contribution >= 0.6 is 11.3 Å². The Labute approximate surface area is 183 Å². The Balaban J connectivity index is 1.75. The quantitative estimate of drug-likeness (QED) is 0.260. The van der Waals surface area contributed by atoms with E-state index < -0.39 is 17.7 Å². The third kappa shape index (κ3) is 4.13. The largest absolute Gasteiger partial charge is 0.507 e. The summed E-state index contributed by atoms with van der Waals surface area (Å²) in [5.41, 5.74) is 1.32. The van der Waals surface area contributed by atoms with E-state index in [9.17, 15) is 14.7 Å². The van der Waals surface area contributed by atoms with E-state index in [0.29, 0.717) is 17.9 Å². The van der Waals surface area contributed by atoms with E-state index in [1.54, 1.807) is 48.8 Å². The first-order valence-corrected chi connectivity index (χ1v) is 10.5. The molecule has 0 aliphatic carbocycles. The summed E-state index contributed by atoms with van der Waals surface area (Å²) in [6, 6.07) is 13.4. The third-order valence-electron chi connectivity index (χ3n) is 4.92. The van der Waals surface area contributed by atoms with Crippen molar-refractivity contribution in [3.63, 3.8) is 0 Å². The van der Waals surface area contributed by atoms with Gasteiger partial charge in [-0.15, -0.1) is 11.3 Å². The van der Waals surface area contributed by atoms with Crippen LogP contribution in [0.5, 0.6) is 5.75 Å². The number of carbonyl (C=O) groups excluding carboxylic acids is 2. The van der Waals surface area contributed by atoms with Gasteiger partial charge in [0.2, 0.25) is 0 Å². The van der Waals surface area contributed by atoms with Crippen LogP contribution in [0.15, 0.2) is 84.5 Å². The van der Waals surface area contributed by atoms with Gasteiger partial charge in [0, 0.05) is 29.4 Å². The molecule has 7 heteroatoms. The monoisotopic (exact) mass is 432 g/mol. The molecule has 2 aromatic heterocycles. The smallest absolute Gasteiger partial charge is 0.295 e. The molecule has 6 nitrogen and oxygen atoms in total. The summed E-state index contributed by atoms with van der Waals surface area (Å²) in [6.45, 7) is 4.19. The zero-order chi connectivity index (χ0) is 21.8. The molecule has 4 rings (SSSR count). The summed E-state index contributed by atoms with van der Waals surface area (Å²) in [4.78, 5) is 32.3. The molecule has 1 N–H and O–H groups in total. The molecule has 1 aliphatic heterocycles. The third-order valence-corrected chi connectivity index (χ3v) is 5.85.